The van der Waals surface area contributed by atoms with Crippen LogP contribution < -0.4 is 0 Å². The van der Waals surface area contributed by atoms with Crippen molar-refractivity contribution in [2.24, 2.45) is 5.92 Å². The molecule has 4 aliphatic carbocycles. The Labute approximate surface area is 209 Å². The Balaban J connectivity index is 0.000000501. The van der Waals surface area contributed by atoms with E-state index in [9.17, 15) is 0 Å². The summed E-state index contributed by atoms with van der Waals surface area (Å²) in [5.74, 6) is 1.09. The van der Waals surface area contributed by atoms with Gasteiger partial charge in [-0.2, -0.15) is 0 Å². The van der Waals surface area contributed by atoms with E-state index in [1.807, 2.05) is 0 Å². The van der Waals surface area contributed by atoms with Crippen LogP contribution in [-0.2, 0) is 17.1 Å². The molecule has 0 bridgehead atoms. The Morgan fingerprint density at radius 3 is 1.39 bits per heavy atom. The molecule has 3 heteroatoms. The summed E-state index contributed by atoms with van der Waals surface area (Å²) in [6.45, 7) is 10.4. The molecule has 4 rings (SSSR count). The fourth-order valence-corrected chi connectivity index (χ4v) is 14.4. The van der Waals surface area contributed by atoms with Crippen LogP contribution in [0.1, 0.15) is 136 Å². The Morgan fingerprint density at radius 1 is 0.548 bits per heavy atom. The van der Waals surface area contributed by atoms with Crippen molar-refractivity contribution in [3.63, 3.8) is 0 Å². The van der Waals surface area contributed by atoms with Crippen molar-refractivity contribution in [3.8, 4) is 0 Å². The zero-order valence-electron chi connectivity index (χ0n) is 21.4. The minimum Gasteiger partial charge on any atom is -0.104 e. The molecule has 0 aliphatic heterocycles. The van der Waals surface area contributed by atoms with Crippen molar-refractivity contribution < 1.29 is 17.1 Å². The standard InChI is InChI=1S/C23H44P2.C5H10.Fe/c1-18(2)24(4)23-17-11-16-22(23)19(3)25(20-12-7-5-8-13-20)21-14-9-6-10-15-21;1-2-4-5-3-1;/h18-23H,5-17H2,1-4H3;1-5H2;/t19-,22?,23?,24?;;/m1../s1. The maximum absolute atomic E-state index is 2.75. The molecule has 0 aromatic heterocycles. The average molecular weight is 509 g/mol. The second-order valence-corrected chi connectivity index (χ2v) is 17.7. The summed E-state index contributed by atoms with van der Waals surface area (Å²) < 4.78 is 0. The average Bonchev–Trinajstić information content (AvgIpc) is 3.50. The minimum atomic E-state index is 0. The third-order valence-electron chi connectivity index (χ3n) is 9.20. The molecular weight excluding hydrogens is 454 g/mol. The van der Waals surface area contributed by atoms with Crippen LogP contribution in [0.5, 0.6) is 0 Å². The molecule has 0 aromatic rings. The normalized spacial score (nSPS) is 30.0. The summed E-state index contributed by atoms with van der Waals surface area (Å²) in [5.41, 5.74) is 5.39. The molecule has 4 fully saturated rings. The van der Waals surface area contributed by atoms with Gasteiger partial charge in [0, 0.05) is 17.1 Å². The molecule has 0 spiro atoms. The Hall–Kier alpha value is 1.38. The molecule has 0 heterocycles. The molecule has 4 saturated carbocycles. The fourth-order valence-electron chi connectivity index (χ4n) is 7.25. The monoisotopic (exact) mass is 508 g/mol. The molecule has 0 amide bonds. The SMILES string of the molecule is C1CCCC1.CC(C)P(C)C1CCCC1[C@@H](C)P(C1CCCCC1)C1CCCCC1.[Fe]. The van der Waals surface area contributed by atoms with Gasteiger partial charge in [0.25, 0.3) is 0 Å². The first-order chi connectivity index (χ1) is 14.6. The van der Waals surface area contributed by atoms with Crippen LogP contribution in [0.2, 0.25) is 0 Å². The molecule has 0 N–H and O–H groups in total. The number of rotatable bonds is 6. The van der Waals surface area contributed by atoms with E-state index in [2.05, 4.69) is 27.4 Å². The van der Waals surface area contributed by atoms with E-state index in [1.54, 1.807) is 64.2 Å². The molecule has 31 heavy (non-hydrogen) atoms. The van der Waals surface area contributed by atoms with Crippen LogP contribution >= 0.6 is 15.8 Å². The van der Waals surface area contributed by atoms with Gasteiger partial charge in [0.15, 0.2) is 0 Å². The van der Waals surface area contributed by atoms with Crippen molar-refractivity contribution >= 4 is 15.8 Å². The topological polar surface area (TPSA) is 0 Å². The van der Waals surface area contributed by atoms with Gasteiger partial charge in [0.2, 0.25) is 0 Å². The molecule has 0 aromatic carbocycles. The molecule has 0 saturated heterocycles. The quantitative estimate of drug-likeness (QED) is 0.247. The van der Waals surface area contributed by atoms with Crippen LogP contribution in [0, 0.1) is 5.92 Å². The number of hydrogen-bond acceptors (Lipinski definition) is 0. The van der Waals surface area contributed by atoms with Crippen LogP contribution in [-0.4, -0.2) is 35.0 Å². The smallest absolute Gasteiger partial charge is 0 e. The summed E-state index contributed by atoms with van der Waals surface area (Å²) in [6.07, 6.45) is 27.8. The molecule has 4 atom stereocenters. The van der Waals surface area contributed by atoms with Gasteiger partial charge >= 0.3 is 0 Å². The molecule has 184 valence electrons. The van der Waals surface area contributed by atoms with Crippen LogP contribution in [0.4, 0.5) is 0 Å². The molecule has 0 radical (unpaired) electrons. The van der Waals surface area contributed by atoms with Gasteiger partial charge in [-0.1, -0.05) is 106 Å². The van der Waals surface area contributed by atoms with E-state index < -0.39 is 0 Å². The van der Waals surface area contributed by atoms with Crippen LogP contribution in [0.15, 0.2) is 0 Å². The maximum atomic E-state index is 2.75. The van der Waals surface area contributed by atoms with Gasteiger partial charge < -0.3 is 0 Å². The van der Waals surface area contributed by atoms with Crippen molar-refractivity contribution in [2.45, 2.75) is 165 Å². The predicted molar refractivity (Wildman–Crippen MR) is 142 cm³/mol. The second kappa shape index (κ2) is 15.4. The zero-order valence-corrected chi connectivity index (χ0v) is 24.3. The van der Waals surface area contributed by atoms with Crippen molar-refractivity contribution in [1.82, 2.24) is 0 Å². The van der Waals surface area contributed by atoms with E-state index in [0.717, 1.165) is 34.2 Å². The molecule has 4 aliphatic rings. The van der Waals surface area contributed by atoms with Gasteiger partial charge in [-0.15, -0.1) is 7.92 Å². The van der Waals surface area contributed by atoms with Crippen molar-refractivity contribution in [1.29, 1.82) is 0 Å². The first kappa shape index (κ1) is 28.6. The second-order valence-electron chi connectivity index (χ2n) is 11.5. The van der Waals surface area contributed by atoms with Crippen molar-refractivity contribution in [3.05, 3.63) is 0 Å². The minimum absolute atomic E-state index is 0. The van der Waals surface area contributed by atoms with Crippen LogP contribution in [0.25, 0.3) is 0 Å². The first-order valence-electron chi connectivity index (χ1n) is 14.1. The summed E-state index contributed by atoms with van der Waals surface area (Å²) >= 11 is 0. The van der Waals surface area contributed by atoms with E-state index in [1.165, 1.54) is 51.4 Å². The third kappa shape index (κ3) is 8.52. The van der Waals surface area contributed by atoms with Crippen LogP contribution in [0.3, 0.4) is 0 Å². The van der Waals surface area contributed by atoms with Gasteiger partial charge in [-0.3, -0.25) is 0 Å². The zero-order chi connectivity index (χ0) is 21.3. The van der Waals surface area contributed by atoms with E-state index >= 15 is 0 Å². The fraction of sp³-hybridized carbons (Fsp3) is 1.00. The van der Waals surface area contributed by atoms with Gasteiger partial charge in [-0.25, -0.2) is 0 Å². The largest absolute Gasteiger partial charge is 0.104 e. The summed E-state index contributed by atoms with van der Waals surface area (Å²) in [4.78, 5) is 0. The molecule has 0 nitrogen and oxygen atoms in total. The first-order valence-corrected chi connectivity index (χ1v) is 17.6. The van der Waals surface area contributed by atoms with E-state index in [4.69, 9.17) is 0 Å². The maximum Gasteiger partial charge on any atom is 0 e. The molecule has 3 unspecified atom stereocenters. The van der Waals surface area contributed by atoms with Gasteiger partial charge in [0.1, 0.15) is 0 Å². The Morgan fingerprint density at radius 2 is 0.968 bits per heavy atom. The Bertz CT molecular complexity index is 426. The van der Waals surface area contributed by atoms with Crippen molar-refractivity contribution in [2.75, 3.05) is 6.66 Å². The third-order valence-corrected chi connectivity index (χ3v) is 16.6. The van der Waals surface area contributed by atoms with E-state index in [-0.39, 0.29) is 32.9 Å². The van der Waals surface area contributed by atoms with Gasteiger partial charge in [-0.05, 0) is 79.4 Å². The number of hydrogen-bond donors (Lipinski definition) is 0. The van der Waals surface area contributed by atoms with Gasteiger partial charge in [0.05, 0.1) is 0 Å². The predicted octanol–water partition coefficient (Wildman–Crippen LogP) is 10.2. The molecular formula is C28H54FeP2. The summed E-state index contributed by atoms with van der Waals surface area (Å²) in [6, 6.07) is 0. The summed E-state index contributed by atoms with van der Waals surface area (Å²) in [7, 11) is 0.509. The summed E-state index contributed by atoms with van der Waals surface area (Å²) in [5, 5.41) is 0. The Kier molecular flexibility index (Phi) is 14.2. The van der Waals surface area contributed by atoms with E-state index in [0.29, 0.717) is 0 Å².